The molecule has 1 unspecified atom stereocenters. The zero-order chi connectivity index (χ0) is 8.20. The van der Waals surface area contributed by atoms with E-state index in [-0.39, 0.29) is 29.6 Å². The molecule has 60 valence electrons. The minimum absolute atomic E-state index is 0. The summed E-state index contributed by atoms with van der Waals surface area (Å²) < 4.78 is 30.6. The van der Waals surface area contributed by atoms with Crippen LogP contribution in [0, 0.1) is 0 Å². The summed E-state index contributed by atoms with van der Waals surface area (Å²) in [7, 11) is -4.18. The SMILES string of the molecule is C=CCNC(C)S(=O)(=O)[O-].[Na+]. The Bertz CT molecular complexity index is 202. The van der Waals surface area contributed by atoms with Crippen LogP contribution in [0.1, 0.15) is 6.92 Å². The fourth-order valence-electron chi connectivity index (χ4n) is 0.351. The monoisotopic (exact) mass is 187 g/mol. The van der Waals surface area contributed by atoms with E-state index in [0.29, 0.717) is 6.54 Å². The van der Waals surface area contributed by atoms with Crippen molar-refractivity contribution in [3.05, 3.63) is 12.7 Å². The van der Waals surface area contributed by atoms with Gasteiger partial charge in [0.15, 0.2) is 0 Å². The number of hydrogen-bond acceptors (Lipinski definition) is 4. The van der Waals surface area contributed by atoms with E-state index in [9.17, 15) is 13.0 Å². The molecule has 0 amide bonds. The third-order valence-electron chi connectivity index (χ3n) is 0.983. The first kappa shape index (κ1) is 14.2. The Morgan fingerprint density at radius 2 is 2.18 bits per heavy atom. The van der Waals surface area contributed by atoms with Gasteiger partial charge in [-0.15, -0.1) is 6.58 Å². The van der Waals surface area contributed by atoms with Gasteiger partial charge in [0.2, 0.25) is 0 Å². The van der Waals surface area contributed by atoms with Crippen LogP contribution in [0.25, 0.3) is 0 Å². The van der Waals surface area contributed by atoms with Crippen LogP contribution in [0.2, 0.25) is 0 Å². The third kappa shape index (κ3) is 6.99. The minimum Gasteiger partial charge on any atom is -0.747 e. The molecule has 0 aromatic rings. The molecule has 11 heavy (non-hydrogen) atoms. The first-order valence-electron chi connectivity index (χ1n) is 2.77. The van der Waals surface area contributed by atoms with E-state index in [1.807, 2.05) is 0 Å². The van der Waals surface area contributed by atoms with Gasteiger partial charge in [-0.05, 0) is 6.92 Å². The summed E-state index contributed by atoms with van der Waals surface area (Å²) >= 11 is 0. The second-order valence-electron chi connectivity index (χ2n) is 1.83. The van der Waals surface area contributed by atoms with Gasteiger partial charge in [0.05, 0.1) is 5.37 Å². The summed E-state index contributed by atoms with van der Waals surface area (Å²) in [5.74, 6) is 0. The fourth-order valence-corrected chi connectivity index (χ4v) is 0.652. The van der Waals surface area contributed by atoms with Crippen molar-refractivity contribution >= 4 is 10.1 Å². The molecule has 0 aliphatic heterocycles. The molecule has 0 aromatic heterocycles. The van der Waals surface area contributed by atoms with Crippen LogP contribution < -0.4 is 34.9 Å². The average molecular weight is 187 g/mol. The molecular weight excluding hydrogens is 177 g/mol. The Labute approximate surface area is 89.1 Å². The second kappa shape index (κ2) is 6.16. The van der Waals surface area contributed by atoms with Crippen molar-refractivity contribution in [3.8, 4) is 0 Å². The molecular formula is C5H10NNaO3S. The van der Waals surface area contributed by atoms with Crippen LogP contribution >= 0.6 is 0 Å². The van der Waals surface area contributed by atoms with Gasteiger partial charge >= 0.3 is 29.6 Å². The van der Waals surface area contributed by atoms with E-state index in [0.717, 1.165) is 0 Å². The summed E-state index contributed by atoms with van der Waals surface area (Å²) in [6.45, 7) is 4.97. The normalized spacial score (nSPS) is 13.3. The van der Waals surface area contributed by atoms with E-state index in [1.54, 1.807) is 0 Å². The van der Waals surface area contributed by atoms with Crippen molar-refractivity contribution in [2.75, 3.05) is 6.54 Å². The van der Waals surface area contributed by atoms with E-state index < -0.39 is 15.5 Å². The largest absolute Gasteiger partial charge is 1.00 e. The smallest absolute Gasteiger partial charge is 0.747 e. The van der Waals surface area contributed by atoms with Gasteiger partial charge < -0.3 is 4.55 Å². The molecule has 0 aliphatic rings. The molecule has 0 bridgehead atoms. The molecule has 0 saturated carbocycles. The Kier molecular flexibility index (Phi) is 7.93. The van der Waals surface area contributed by atoms with Crippen LogP contribution in [-0.4, -0.2) is 24.9 Å². The minimum atomic E-state index is -4.18. The molecule has 0 radical (unpaired) electrons. The topological polar surface area (TPSA) is 69.2 Å². The molecule has 0 fully saturated rings. The summed E-state index contributed by atoms with van der Waals surface area (Å²) in [5, 5.41) is 1.42. The molecule has 0 aromatic carbocycles. The first-order chi connectivity index (χ1) is 4.48. The number of hydrogen-bond donors (Lipinski definition) is 1. The van der Waals surface area contributed by atoms with Crippen molar-refractivity contribution in [2.45, 2.75) is 12.3 Å². The van der Waals surface area contributed by atoms with Crippen LogP contribution in [0.3, 0.4) is 0 Å². The molecule has 1 N–H and O–H groups in total. The quantitative estimate of drug-likeness (QED) is 0.284. The zero-order valence-electron chi connectivity index (χ0n) is 6.70. The Hall–Kier alpha value is 0.610. The average Bonchev–Trinajstić information content (AvgIpc) is 1.80. The molecule has 6 heteroatoms. The molecule has 0 aliphatic carbocycles. The van der Waals surface area contributed by atoms with Crippen molar-refractivity contribution in [3.63, 3.8) is 0 Å². The Morgan fingerprint density at radius 3 is 2.45 bits per heavy atom. The maximum absolute atomic E-state index is 10.2. The van der Waals surface area contributed by atoms with Crippen LogP contribution in [-0.2, 0) is 10.1 Å². The predicted molar refractivity (Wildman–Crippen MR) is 37.4 cm³/mol. The third-order valence-corrected chi connectivity index (χ3v) is 2.02. The maximum atomic E-state index is 10.2. The zero-order valence-corrected chi connectivity index (χ0v) is 9.52. The fraction of sp³-hybridized carbons (Fsp3) is 0.600. The van der Waals surface area contributed by atoms with Crippen molar-refractivity contribution in [1.29, 1.82) is 0 Å². The summed E-state index contributed by atoms with van der Waals surface area (Å²) in [6, 6.07) is 0. The first-order valence-corrected chi connectivity index (χ1v) is 4.24. The van der Waals surface area contributed by atoms with Gasteiger partial charge in [0, 0.05) is 6.54 Å². The van der Waals surface area contributed by atoms with Crippen LogP contribution in [0.4, 0.5) is 0 Å². The van der Waals surface area contributed by atoms with Gasteiger partial charge in [0.1, 0.15) is 10.1 Å². The van der Waals surface area contributed by atoms with Crippen molar-refractivity contribution < 1.29 is 42.5 Å². The van der Waals surface area contributed by atoms with E-state index >= 15 is 0 Å². The van der Waals surface area contributed by atoms with E-state index in [1.165, 1.54) is 13.0 Å². The van der Waals surface area contributed by atoms with Crippen LogP contribution in [0.15, 0.2) is 12.7 Å². The van der Waals surface area contributed by atoms with E-state index in [2.05, 4.69) is 11.9 Å². The van der Waals surface area contributed by atoms with Gasteiger partial charge in [-0.3, -0.25) is 5.32 Å². The standard InChI is InChI=1S/C5H11NO3S.Na/c1-3-4-6-5(2)10(7,8)9;/h3,5-6H,1,4H2,2H3,(H,7,8,9);/q;+1/p-1. The van der Waals surface area contributed by atoms with Crippen molar-refractivity contribution in [1.82, 2.24) is 5.32 Å². The number of rotatable bonds is 4. The van der Waals surface area contributed by atoms with Gasteiger partial charge in [0.25, 0.3) is 0 Å². The van der Waals surface area contributed by atoms with Crippen molar-refractivity contribution in [2.24, 2.45) is 0 Å². The molecule has 0 heterocycles. The molecule has 0 saturated heterocycles. The van der Waals surface area contributed by atoms with Crippen LogP contribution in [0.5, 0.6) is 0 Å². The molecule has 1 atom stereocenters. The maximum Gasteiger partial charge on any atom is 1.00 e. The Morgan fingerprint density at radius 1 is 1.73 bits per heavy atom. The molecule has 4 nitrogen and oxygen atoms in total. The van der Waals surface area contributed by atoms with Gasteiger partial charge in [-0.25, -0.2) is 8.42 Å². The summed E-state index contributed by atoms with van der Waals surface area (Å²) in [5.41, 5.74) is 0. The van der Waals surface area contributed by atoms with Gasteiger partial charge in [-0.1, -0.05) is 6.08 Å². The molecule has 0 spiro atoms. The predicted octanol–water partition coefficient (Wildman–Crippen LogP) is -3.34. The number of nitrogens with one attached hydrogen (secondary N) is 1. The van der Waals surface area contributed by atoms with Gasteiger partial charge in [-0.2, -0.15) is 0 Å². The summed E-state index contributed by atoms with van der Waals surface area (Å²) in [6.07, 6.45) is 1.49. The summed E-state index contributed by atoms with van der Waals surface area (Å²) in [4.78, 5) is 0. The second-order valence-corrected chi connectivity index (χ2v) is 3.52. The Balaban J connectivity index is 0. The molecule has 0 rings (SSSR count). The van der Waals surface area contributed by atoms with E-state index in [4.69, 9.17) is 0 Å².